The Morgan fingerprint density at radius 3 is 1.42 bits per heavy atom. The maximum absolute atomic E-state index is 11.9. The summed E-state index contributed by atoms with van der Waals surface area (Å²) < 4.78 is 32.3. The van der Waals surface area contributed by atoms with E-state index >= 15 is 0 Å². The monoisotopic (exact) mass is 466 g/mol. The highest BCUT2D eigenvalue weighted by molar-refractivity contribution is 7.99. The molecule has 0 rings (SSSR count). The molecule has 0 N–H and O–H groups in total. The third-order valence-corrected chi connectivity index (χ3v) is 4.95. The van der Waals surface area contributed by atoms with E-state index in [1.54, 1.807) is 27.7 Å². The van der Waals surface area contributed by atoms with Crippen LogP contribution < -0.4 is 0 Å². The van der Waals surface area contributed by atoms with Crippen LogP contribution in [0.25, 0.3) is 0 Å². The first-order chi connectivity index (χ1) is 14.8. The predicted octanol–water partition coefficient (Wildman–Crippen LogP) is 4.64. The highest BCUT2D eigenvalue weighted by atomic mass is 32.2. The van der Waals surface area contributed by atoms with E-state index in [0.29, 0.717) is 24.7 Å². The van der Waals surface area contributed by atoms with Crippen LogP contribution in [0.1, 0.15) is 80.1 Å². The third-order valence-electron chi connectivity index (χ3n) is 3.96. The summed E-state index contributed by atoms with van der Waals surface area (Å²) >= 11 is 1.49. The van der Waals surface area contributed by atoms with Crippen LogP contribution in [0.3, 0.4) is 0 Å². The van der Waals surface area contributed by atoms with Gasteiger partial charge in [-0.3, -0.25) is 9.59 Å². The van der Waals surface area contributed by atoms with Gasteiger partial charge in [0.25, 0.3) is 0 Å². The molecule has 0 aromatic rings. The second kappa shape index (κ2) is 19.8. The van der Waals surface area contributed by atoms with E-state index in [4.69, 9.17) is 28.4 Å². The molecule has 31 heavy (non-hydrogen) atoms. The van der Waals surface area contributed by atoms with Crippen molar-refractivity contribution in [3.05, 3.63) is 0 Å². The number of unbranched alkanes of at least 4 members (excludes halogenated alkanes) is 2. The van der Waals surface area contributed by atoms with Gasteiger partial charge in [-0.25, -0.2) is 0 Å². The second-order valence-corrected chi connectivity index (χ2v) is 8.31. The number of esters is 2. The summed E-state index contributed by atoms with van der Waals surface area (Å²) in [7, 11) is 0. The van der Waals surface area contributed by atoms with Crippen molar-refractivity contribution in [1.29, 1.82) is 0 Å². The summed E-state index contributed by atoms with van der Waals surface area (Å²) in [6.45, 7) is 12.3. The molecular formula is C22H42O8S. The Bertz CT molecular complexity index is 423. The maximum atomic E-state index is 11.9. The summed E-state index contributed by atoms with van der Waals surface area (Å²) in [5, 5.41) is 0. The molecule has 0 aromatic heterocycles. The van der Waals surface area contributed by atoms with Crippen LogP contribution in [-0.2, 0) is 38.0 Å². The van der Waals surface area contributed by atoms with Gasteiger partial charge in [0.05, 0.1) is 12.8 Å². The van der Waals surface area contributed by atoms with Gasteiger partial charge in [0, 0.05) is 24.7 Å². The highest BCUT2D eigenvalue weighted by Gasteiger charge is 2.15. The second-order valence-electron chi connectivity index (χ2n) is 7.08. The summed E-state index contributed by atoms with van der Waals surface area (Å²) in [4.78, 5) is 23.7. The topological polar surface area (TPSA) is 89.5 Å². The largest absolute Gasteiger partial charge is 0.436 e. The molecule has 184 valence electrons. The lowest BCUT2D eigenvalue weighted by molar-refractivity contribution is -0.230. The minimum atomic E-state index is -0.668. The minimum absolute atomic E-state index is 0.241. The van der Waals surface area contributed by atoms with Crippen molar-refractivity contribution in [3.63, 3.8) is 0 Å². The van der Waals surface area contributed by atoms with Crippen molar-refractivity contribution in [1.82, 2.24) is 0 Å². The van der Waals surface area contributed by atoms with Crippen molar-refractivity contribution >= 4 is 23.7 Å². The van der Waals surface area contributed by atoms with E-state index in [9.17, 15) is 9.59 Å². The Labute approximate surface area is 192 Å². The lowest BCUT2D eigenvalue weighted by atomic mass is 10.4. The van der Waals surface area contributed by atoms with Crippen molar-refractivity contribution < 1.29 is 38.0 Å². The van der Waals surface area contributed by atoms with E-state index in [1.807, 2.05) is 0 Å². The van der Waals surface area contributed by atoms with Gasteiger partial charge in [-0.05, 0) is 40.5 Å². The van der Waals surface area contributed by atoms with Crippen LogP contribution in [0.15, 0.2) is 0 Å². The van der Waals surface area contributed by atoms with Crippen molar-refractivity contribution in [2.75, 3.05) is 24.7 Å². The molecule has 0 aliphatic rings. The molecular weight excluding hydrogens is 424 g/mol. The third kappa shape index (κ3) is 19.5. The molecule has 4 atom stereocenters. The molecule has 0 aromatic carbocycles. The Morgan fingerprint density at radius 1 is 0.677 bits per heavy atom. The molecule has 0 amide bonds. The van der Waals surface area contributed by atoms with E-state index in [1.165, 1.54) is 11.8 Å². The van der Waals surface area contributed by atoms with Gasteiger partial charge in [0.1, 0.15) is 0 Å². The Morgan fingerprint density at radius 2 is 1.06 bits per heavy atom. The average Bonchev–Trinajstić information content (AvgIpc) is 2.67. The normalized spacial score (nSPS) is 15.2. The zero-order valence-corrected chi connectivity index (χ0v) is 20.9. The first kappa shape index (κ1) is 30.1. The SMILES string of the molecule is CCCCOC(C)OC(C)OC(=O)CCSCCC(=O)OC(C)OC(C)OCCCC. The molecule has 0 saturated heterocycles. The summed E-state index contributed by atoms with van der Waals surface area (Å²) in [6, 6.07) is 0. The van der Waals surface area contributed by atoms with E-state index in [2.05, 4.69) is 13.8 Å². The zero-order chi connectivity index (χ0) is 23.5. The van der Waals surface area contributed by atoms with Gasteiger partial charge >= 0.3 is 11.9 Å². The molecule has 0 fully saturated rings. The molecule has 4 unspecified atom stereocenters. The maximum Gasteiger partial charge on any atom is 0.308 e. The highest BCUT2D eigenvalue weighted by Crippen LogP contribution is 2.10. The van der Waals surface area contributed by atoms with Gasteiger partial charge in [0.15, 0.2) is 12.6 Å². The molecule has 0 aliphatic heterocycles. The summed E-state index contributed by atoms with van der Waals surface area (Å²) in [5.74, 6) is 0.413. The fourth-order valence-corrected chi connectivity index (χ4v) is 3.19. The predicted molar refractivity (Wildman–Crippen MR) is 120 cm³/mol. The van der Waals surface area contributed by atoms with E-state index in [-0.39, 0.29) is 24.8 Å². The van der Waals surface area contributed by atoms with Crippen LogP contribution in [0.4, 0.5) is 0 Å². The smallest absolute Gasteiger partial charge is 0.308 e. The summed E-state index contributed by atoms with van der Waals surface area (Å²) in [5.41, 5.74) is 0. The van der Waals surface area contributed by atoms with Crippen molar-refractivity contribution in [3.8, 4) is 0 Å². The number of rotatable bonds is 20. The zero-order valence-electron chi connectivity index (χ0n) is 20.1. The fraction of sp³-hybridized carbons (Fsp3) is 0.909. The molecule has 0 radical (unpaired) electrons. The number of hydrogen-bond acceptors (Lipinski definition) is 9. The molecule has 8 nitrogen and oxygen atoms in total. The van der Waals surface area contributed by atoms with Crippen molar-refractivity contribution in [2.24, 2.45) is 0 Å². The molecule has 0 spiro atoms. The quantitative estimate of drug-likeness (QED) is 0.145. The van der Waals surface area contributed by atoms with Gasteiger partial charge in [0.2, 0.25) is 12.6 Å². The summed E-state index contributed by atoms with van der Waals surface area (Å²) in [6.07, 6.45) is 2.32. The lowest BCUT2D eigenvalue weighted by Gasteiger charge is -2.19. The van der Waals surface area contributed by atoms with Crippen LogP contribution in [0.5, 0.6) is 0 Å². The first-order valence-corrected chi connectivity index (χ1v) is 12.4. The molecule has 9 heteroatoms. The van der Waals surface area contributed by atoms with Gasteiger partial charge in [-0.2, -0.15) is 11.8 Å². The lowest BCUT2D eigenvalue weighted by Crippen LogP contribution is -2.25. The van der Waals surface area contributed by atoms with E-state index in [0.717, 1.165) is 25.7 Å². The minimum Gasteiger partial charge on any atom is -0.436 e. The first-order valence-electron chi connectivity index (χ1n) is 11.3. The fourth-order valence-electron chi connectivity index (χ4n) is 2.36. The van der Waals surface area contributed by atoms with Crippen LogP contribution >= 0.6 is 11.8 Å². The molecule has 0 heterocycles. The number of ether oxygens (including phenoxy) is 6. The number of thioether (sulfide) groups is 1. The standard InChI is InChI=1S/C22H42O8S/c1-7-9-13-25-17(3)27-19(5)29-21(23)11-15-31-16-12-22(24)30-20(6)28-18(4)26-14-10-8-2/h17-20H,7-16H2,1-6H3. The van der Waals surface area contributed by atoms with Crippen LogP contribution in [0.2, 0.25) is 0 Å². The van der Waals surface area contributed by atoms with E-state index < -0.39 is 25.2 Å². The number of carbonyl (C=O) groups is 2. The average molecular weight is 467 g/mol. The molecule has 0 bridgehead atoms. The molecule has 0 aliphatic carbocycles. The van der Waals surface area contributed by atoms with Crippen LogP contribution in [-0.4, -0.2) is 61.8 Å². The Hall–Kier alpha value is -0.870. The molecule has 0 saturated carbocycles. The van der Waals surface area contributed by atoms with Gasteiger partial charge in [-0.1, -0.05) is 26.7 Å². The number of hydrogen-bond donors (Lipinski definition) is 0. The van der Waals surface area contributed by atoms with Gasteiger partial charge < -0.3 is 28.4 Å². The van der Waals surface area contributed by atoms with Crippen molar-refractivity contribution in [2.45, 2.75) is 105 Å². The Balaban J connectivity index is 3.76. The van der Waals surface area contributed by atoms with Gasteiger partial charge in [-0.15, -0.1) is 0 Å². The van der Waals surface area contributed by atoms with Crippen LogP contribution in [0, 0.1) is 0 Å². The Kier molecular flexibility index (Phi) is 19.2. The number of carbonyl (C=O) groups excluding carboxylic acids is 2.